The zero-order valence-electron chi connectivity index (χ0n) is 10.1. The number of hydrogen-bond acceptors (Lipinski definition) is 5. The summed E-state index contributed by atoms with van der Waals surface area (Å²) in [6, 6.07) is 5.57. The Morgan fingerprint density at radius 1 is 1.53 bits per heavy atom. The molecule has 0 spiro atoms. The lowest BCUT2D eigenvalue weighted by atomic mass is 10.1. The summed E-state index contributed by atoms with van der Waals surface area (Å²) in [6.07, 6.45) is 0. The zero-order valence-corrected chi connectivity index (χ0v) is 10.1. The van der Waals surface area contributed by atoms with E-state index in [1.165, 1.54) is 0 Å². The molecule has 1 aromatic rings. The van der Waals surface area contributed by atoms with E-state index in [9.17, 15) is 0 Å². The van der Waals surface area contributed by atoms with Gasteiger partial charge < -0.3 is 15.4 Å². The van der Waals surface area contributed by atoms with Gasteiger partial charge in [-0.3, -0.25) is 0 Å². The number of rotatable bonds is 1. The van der Waals surface area contributed by atoms with Crippen LogP contribution in [0.25, 0.3) is 0 Å². The maximum atomic E-state index is 8.91. The van der Waals surface area contributed by atoms with E-state index in [1.807, 2.05) is 26.0 Å². The van der Waals surface area contributed by atoms with E-state index in [0.717, 1.165) is 18.9 Å². The SMILES string of the molecule is CC1(C)CN(c2ccc(N)c(C#N)n2)CCO1. The Hall–Kier alpha value is -1.80. The van der Waals surface area contributed by atoms with E-state index in [-0.39, 0.29) is 11.3 Å². The molecule has 5 nitrogen and oxygen atoms in total. The largest absolute Gasteiger partial charge is 0.396 e. The first-order valence-electron chi connectivity index (χ1n) is 5.57. The predicted molar refractivity (Wildman–Crippen MR) is 65.6 cm³/mol. The van der Waals surface area contributed by atoms with Crippen LogP contribution in [0.3, 0.4) is 0 Å². The normalized spacial score (nSPS) is 18.8. The molecule has 0 amide bonds. The molecule has 2 N–H and O–H groups in total. The maximum absolute atomic E-state index is 8.91. The van der Waals surface area contributed by atoms with Crippen LogP contribution in [-0.2, 0) is 4.74 Å². The Kier molecular flexibility index (Phi) is 2.90. The van der Waals surface area contributed by atoms with Crippen LogP contribution >= 0.6 is 0 Å². The Bertz CT molecular complexity index is 464. The van der Waals surface area contributed by atoms with Crippen molar-refractivity contribution in [3.8, 4) is 6.07 Å². The van der Waals surface area contributed by atoms with Gasteiger partial charge in [0.1, 0.15) is 11.9 Å². The number of morpholine rings is 1. The molecule has 0 saturated carbocycles. The third-order valence-electron chi connectivity index (χ3n) is 2.77. The number of nitrogen functional groups attached to an aromatic ring is 1. The van der Waals surface area contributed by atoms with Crippen LogP contribution < -0.4 is 10.6 Å². The van der Waals surface area contributed by atoms with Gasteiger partial charge in [0.05, 0.1) is 17.9 Å². The van der Waals surface area contributed by atoms with Crippen molar-refractivity contribution < 1.29 is 4.74 Å². The topological polar surface area (TPSA) is 75.2 Å². The molecule has 90 valence electrons. The summed E-state index contributed by atoms with van der Waals surface area (Å²) in [5, 5.41) is 8.91. The van der Waals surface area contributed by atoms with E-state index >= 15 is 0 Å². The number of pyridine rings is 1. The fraction of sp³-hybridized carbons (Fsp3) is 0.500. The molecule has 0 bridgehead atoms. The van der Waals surface area contributed by atoms with Crippen molar-refractivity contribution in [2.75, 3.05) is 30.3 Å². The van der Waals surface area contributed by atoms with E-state index < -0.39 is 0 Å². The summed E-state index contributed by atoms with van der Waals surface area (Å²) >= 11 is 0. The lowest BCUT2D eigenvalue weighted by Gasteiger charge is -2.38. The first-order chi connectivity index (χ1) is 8.02. The molecule has 1 fully saturated rings. The second-order valence-electron chi connectivity index (χ2n) is 4.75. The fourth-order valence-electron chi connectivity index (χ4n) is 1.94. The van der Waals surface area contributed by atoms with E-state index in [0.29, 0.717) is 12.3 Å². The first kappa shape index (κ1) is 11.7. The second kappa shape index (κ2) is 4.22. The number of ether oxygens (including phenoxy) is 1. The molecular weight excluding hydrogens is 216 g/mol. The minimum absolute atomic E-state index is 0.186. The van der Waals surface area contributed by atoms with Gasteiger partial charge in [-0.15, -0.1) is 0 Å². The Labute approximate surface area is 101 Å². The number of nitriles is 1. The van der Waals surface area contributed by atoms with Gasteiger partial charge >= 0.3 is 0 Å². The Morgan fingerprint density at radius 2 is 2.29 bits per heavy atom. The van der Waals surface area contributed by atoms with Gasteiger partial charge in [-0.05, 0) is 26.0 Å². The van der Waals surface area contributed by atoms with Crippen molar-refractivity contribution in [3.63, 3.8) is 0 Å². The quantitative estimate of drug-likeness (QED) is 0.786. The van der Waals surface area contributed by atoms with E-state index in [4.69, 9.17) is 15.7 Å². The monoisotopic (exact) mass is 232 g/mol. The lowest BCUT2D eigenvalue weighted by Crippen LogP contribution is -2.48. The average Bonchev–Trinajstić information content (AvgIpc) is 2.28. The summed E-state index contributed by atoms with van der Waals surface area (Å²) in [7, 11) is 0. The molecule has 17 heavy (non-hydrogen) atoms. The van der Waals surface area contributed by atoms with Crippen molar-refractivity contribution in [1.29, 1.82) is 5.26 Å². The van der Waals surface area contributed by atoms with Gasteiger partial charge in [0.25, 0.3) is 0 Å². The van der Waals surface area contributed by atoms with Gasteiger partial charge in [0, 0.05) is 13.1 Å². The fourth-order valence-corrected chi connectivity index (χ4v) is 1.94. The van der Waals surface area contributed by atoms with Crippen LogP contribution in [0.5, 0.6) is 0 Å². The van der Waals surface area contributed by atoms with Crippen molar-refractivity contribution in [2.45, 2.75) is 19.4 Å². The second-order valence-corrected chi connectivity index (χ2v) is 4.75. The molecule has 0 aromatic carbocycles. The molecule has 0 atom stereocenters. The third kappa shape index (κ3) is 2.48. The number of anilines is 2. The lowest BCUT2D eigenvalue weighted by molar-refractivity contribution is -0.0279. The van der Waals surface area contributed by atoms with Crippen LogP contribution in [0.1, 0.15) is 19.5 Å². The summed E-state index contributed by atoms with van der Waals surface area (Å²) in [4.78, 5) is 6.38. The van der Waals surface area contributed by atoms with Gasteiger partial charge in [0.15, 0.2) is 5.69 Å². The number of nitrogens with zero attached hydrogens (tertiary/aromatic N) is 3. The molecule has 0 radical (unpaired) electrons. The van der Waals surface area contributed by atoms with Crippen molar-refractivity contribution in [1.82, 2.24) is 4.98 Å². The molecule has 0 aliphatic carbocycles. The smallest absolute Gasteiger partial charge is 0.165 e. The van der Waals surface area contributed by atoms with Crippen molar-refractivity contribution in [2.24, 2.45) is 0 Å². The van der Waals surface area contributed by atoms with Crippen molar-refractivity contribution in [3.05, 3.63) is 17.8 Å². The minimum Gasteiger partial charge on any atom is -0.396 e. The molecule has 0 unspecified atom stereocenters. The summed E-state index contributed by atoms with van der Waals surface area (Å²) in [5.74, 6) is 0.784. The Morgan fingerprint density at radius 3 is 2.94 bits per heavy atom. The highest BCUT2D eigenvalue weighted by Crippen LogP contribution is 2.23. The van der Waals surface area contributed by atoms with Gasteiger partial charge in [0.2, 0.25) is 0 Å². The third-order valence-corrected chi connectivity index (χ3v) is 2.77. The Balaban J connectivity index is 2.26. The van der Waals surface area contributed by atoms with E-state index in [1.54, 1.807) is 6.07 Å². The predicted octanol–water partition coefficient (Wildman–Crippen LogP) is 1.15. The van der Waals surface area contributed by atoms with Crippen LogP contribution in [-0.4, -0.2) is 30.3 Å². The molecule has 1 aromatic heterocycles. The standard InChI is InChI=1S/C12H16N4O/c1-12(2)8-16(5-6-17-12)11-4-3-9(14)10(7-13)15-11/h3-4H,5-6,8,14H2,1-2H3. The van der Waals surface area contributed by atoms with Gasteiger partial charge in [-0.2, -0.15) is 5.26 Å². The maximum Gasteiger partial charge on any atom is 0.165 e. The molecule has 5 heteroatoms. The highest BCUT2D eigenvalue weighted by Gasteiger charge is 2.28. The molecule has 1 aliphatic rings. The van der Waals surface area contributed by atoms with Gasteiger partial charge in [-0.1, -0.05) is 0 Å². The van der Waals surface area contributed by atoms with Crippen LogP contribution in [0, 0.1) is 11.3 Å². The highest BCUT2D eigenvalue weighted by atomic mass is 16.5. The molecule has 2 heterocycles. The molecule has 2 rings (SSSR count). The first-order valence-corrected chi connectivity index (χ1v) is 5.57. The minimum atomic E-state index is -0.186. The van der Waals surface area contributed by atoms with Crippen molar-refractivity contribution >= 4 is 11.5 Å². The molecular formula is C12H16N4O. The number of nitrogens with two attached hydrogens (primary N) is 1. The van der Waals surface area contributed by atoms with Crippen LogP contribution in [0.4, 0.5) is 11.5 Å². The van der Waals surface area contributed by atoms with Crippen LogP contribution in [0.2, 0.25) is 0 Å². The van der Waals surface area contributed by atoms with E-state index in [2.05, 4.69) is 9.88 Å². The molecule has 1 saturated heterocycles. The average molecular weight is 232 g/mol. The highest BCUT2D eigenvalue weighted by molar-refractivity contribution is 5.55. The van der Waals surface area contributed by atoms with Gasteiger partial charge in [-0.25, -0.2) is 4.98 Å². The molecule has 1 aliphatic heterocycles. The summed E-state index contributed by atoms with van der Waals surface area (Å²) < 4.78 is 5.64. The van der Waals surface area contributed by atoms with Crippen LogP contribution in [0.15, 0.2) is 12.1 Å². The zero-order chi connectivity index (χ0) is 12.5. The number of hydrogen-bond donors (Lipinski definition) is 1. The summed E-state index contributed by atoms with van der Waals surface area (Å²) in [5.41, 5.74) is 6.17. The number of aromatic nitrogens is 1. The summed E-state index contributed by atoms with van der Waals surface area (Å²) in [6.45, 7) is 6.30.